The summed E-state index contributed by atoms with van der Waals surface area (Å²) in [5, 5.41) is 9.23. The molecule has 1 N–H and O–H groups in total. The van der Waals surface area contributed by atoms with Crippen molar-refractivity contribution in [3.8, 4) is 0 Å². The molecule has 2 aliphatic heterocycles. The third kappa shape index (κ3) is 4.75. The average Bonchev–Trinajstić information content (AvgIpc) is 3.00. The summed E-state index contributed by atoms with van der Waals surface area (Å²) in [4.78, 5) is 28.1. The second kappa shape index (κ2) is 7.96. The van der Waals surface area contributed by atoms with Crippen LogP contribution in [-0.4, -0.2) is 66.6 Å². The second-order valence-corrected chi connectivity index (χ2v) is 10.1. The van der Waals surface area contributed by atoms with Crippen LogP contribution < -0.4 is 4.90 Å². The number of sulfone groups is 1. The number of hydrogen-bond acceptors (Lipinski definition) is 6. The van der Waals surface area contributed by atoms with E-state index in [-0.39, 0.29) is 22.8 Å². The molecule has 12 heteroatoms. The van der Waals surface area contributed by atoms with Crippen molar-refractivity contribution in [2.45, 2.75) is 11.3 Å². The van der Waals surface area contributed by atoms with E-state index in [0.717, 1.165) is 0 Å². The highest BCUT2D eigenvalue weighted by atomic mass is 35.5. The maximum Gasteiger partial charge on any atom is 0.329 e. The Labute approximate surface area is 169 Å². The molecule has 0 radical (unpaired) electrons. The fourth-order valence-corrected chi connectivity index (χ4v) is 7.09. The first-order valence-corrected chi connectivity index (χ1v) is 11.1. The largest absolute Gasteiger partial charge is 0.480 e. The van der Waals surface area contributed by atoms with Crippen LogP contribution in [0.15, 0.2) is 23.2 Å². The molecule has 1 aromatic rings. The van der Waals surface area contributed by atoms with E-state index in [1.165, 1.54) is 11.8 Å². The summed E-state index contributed by atoms with van der Waals surface area (Å²) >= 11 is 13.2. The Hall–Kier alpha value is -1.33. The molecule has 0 saturated carbocycles. The van der Waals surface area contributed by atoms with Gasteiger partial charge in [0.05, 0.1) is 27.6 Å². The van der Waals surface area contributed by atoms with Gasteiger partial charge in [-0.15, -0.1) is 0 Å². The van der Waals surface area contributed by atoms with Crippen molar-refractivity contribution < 1.29 is 27.9 Å². The Morgan fingerprint density at radius 2 is 2.00 bits per heavy atom. The van der Waals surface area contributed by atoms with E-state index < -0.39 is 34.9 Å². The number of thioether (sulfide) groups is 1. The Morgan fingerprint density at radius 1 is 1.26 bits per heavy atom. The van der Waals surface area contributed by atoms with Crippen molar-refractivity contribution in [1.82, 2.24) is 0 Å². The third-order valence-corrected chi connectivity index (χ3v) is 7.87. The number of nitrogens with zero attached hydrogens (tertiary/aromatic N) is 2. The van der Waals surface area contributed by atoms with Crippen molar-refractivity contribution in [1.29, 1.82) is 0 Å². The normalized spacial score (nSPS) is 25.0. The molecule has 2 heterocycles. The zero-order chi connectivity index (χ0) is 19.8. The highest BCUT2D eigenvalue weighted by Gasteiger charge is 2.49. The molecular weight excluding hydrogens is 439 g/mol. The van der Waals surface area contributed by atoms with Crippen LogP contribution >= 0.6 is 35.0 Å². The number of benzene rings is 1. The lowest BCUT2D eigenvalue weighted by atomic mass is 10.2. The first-order valence-electron chi connectivity index (χ1n) is 7.69. The molecule has 2 atom stereocenters. The van der Waals surface area contributed by atoms with Gasteiger partial charge in [-0.2, -0.15) is 4.99 Å². The molecule has 0 aromatic heterocycles. The summed E-state index contributed by atoms with van der Waals surface area (Å²) < 4.78 is 28.8. The SMILES string of the molecule is O=C(O)COCC(=O)N=C1S[C@@H]2CS(=O)(=O)C[C@H]2N1c1ccc(Cl)c(Cl)c1. The van der Waals surface area contributed by atoms with Gasteiger partial charge in [0.2, 0.25) is 0 Å². The van der Waals surface area contributed by atoms with Crippen LogP contribution in [0.3, 0.4) is 0 Å². The highest BCUT2D eigenvalue weighted by molar-refractivity contribution is 8.16. The Morgan fingerprint density at radius 3 is 2.67 bits per heavy atom. The molecule has 3 rings (SSSR count). The van der Waals surface area contributed by atoms with E-state index in [1.807, 2.05) is 0 Å². The maximum atomic E-state index is 12.0. The van der Waals surface area contributed by atoms with Gasteiger partial charge in [-0.3, -0.25) is 4.79 Å². The molecule has 1 amide bonds. The van der Waals surface area contributed by atoms with Gasteiger partial charge >= 0.3 is 5.97 Å². The van der Waals surface area contributed by atoms with Crippen LogP contribution in [0.25, 0.3) is 0 Å². The summed E-state index contributed by atoms with van der Waals surface area (Å²) in [5.41, 5.74) is 0.569. The number of carboxylic acids is 1. The standard InChI is InChI=1S/C15H14Cl2N2O6S2/c16-9-2-1-8(3-10(9)17)19-11-6-27(23,24)7-12(11)26-15(19)18-13(20)4-25-5-14(21)22/h1-3,11-12H,4-7H2,(H,21,22)/t11-,12-/m1/s1. The lowest BCUT2D eigenvalue weighted by Gasteiger charge is -2.24. The maximum absolute atomic E-state index is 12.0. The van der Waals surface area contributed by atoms with E-state index in [1.54, 1.807) is 23.1 Å². The predicted octanol–water partition coefficient (Wildman–Crippen LogP) is 1.70. The number of carbonyl (C=O) groups is 2. The molecule has 1 aromatic carbocycles. The van der Waals surface area contributed by atoms with Crippen LogP contribution in [0.2, 0.25) is 10.0 Å². The van der Waals surface area contributed by atoms with Crippen molar-refractivity contribution >= 4 is 67.5 Å². The second-order valence-electron chi connectivity index (χ2n) is 5.94. The number of anilines is 1. The highest BCUT2D eigenvalue weighted by Crippen LogP contribution is 2.42. The quantitative estimate of drug-likeness (QED) is 0.717. The van der Waals surface area contributed by atoms with Gasteiger partial charge in [0.15, 0.2) is 15.0 Å². The number of hydrogen-bond donors (Lipinski definition) is 1. The number of aliphatic imine (C=N–C) groups is 1. The predicted molar refractivity (Wildman–Crippen MR) is 104 cm³/mol. The van der Waals surface area contributed by atoms with Gasteiger partial charge in [0.1, 0.15) is 13.2 Å². The van der Waals surface area contributed by atoms with Crippen LogP contribution in [0.5, 0.6) is 0 Å². The number of ether oxygens (including phenoxy) is 1. The number of carbonyl (C=O) groups excluding carboxylic acids is 1. The molecular formula is C15H14Cl2N2O6S2. The number of amides is 1. The van der Waals surface area contributed by atoms with E-state index in [9.17, 15) is 18.0 Å². The van der Waals surface area contributed by atoms with Crippen LogP contribution in [-0.2, 0) is 24.2 Å². The summed E-state index contributed by atoms with van der Waals surface area (Å²) in [6.07, 6.45) is 0. The van der Waals surface area contributed by atoms with Gasteiger partial charge in [0.25, 0.3) is 5.91 Å². The molecule has 2 fully saturated rings. The van der Waals surface area contributed by atoms with Gasteiger partial charge in [-0.25, -0.2) is 13.2 Å². The van der Waals surface area contributed by atoms with Gasteiger partial charge in [0, 0.05) is 10.9 Å². The van der Waals surface area contributed by atoms with Crippen molar-refractivity contribution in [3.05, 3.63) is 28.2 Å². The molecule has 2 saturated heterocycles. The van der Waals surface area contributed by atoms with Gasteiger partial charge in [-0.1, -0.05) is 35.0 Å². The first kappa shape index (κ1) is 20.4. The van der Waals surface area contributed by atoms with Crippen molar-refractivity contribution in [2.24, 2.45) is 4.99 Å². The Kier molecular flexibility index (Phi) is 6.02. The third-order valence-electron chi connectivity index (χ3n) is 3.92. The lowest BCUT2D eigenvalue weighted by Crippen LogP contribution is -2.37. The zero-order valence-electron chi connectivity index (χ0n) is 13.7. The topological polar surface area (TPSA) is 113 Å². The molecule has 8 nitrogen and oxygen atoms in total. The molecule has 146 valence electrons. The summed E-state index contributed by atoms with van der Waals surface area (Å²) in [7, 11) is -3.19. The summed E-state index contributed by atoms with van der Waals surface area (Å²) in [6, 6.07) is 4.45. The molecule has 0 aliphatic carbocycles. The summed E-state index contributed by atoms with van der Waals surface area (Å²) in [6.45, 7) is -1.09. The van der Waals surface area contributed by atoms with E-state index in [0.29, 0.717) is 20.9 Å². The Balaban J connectivity index is 1.88. The van der Waals surface area contributed by atoms with E-state index >= 15 is 0 Å². The van der Waals surface area contributed by atoms with Crippen molar-refractivity contribution in [2.75, 3.05) is 29.6 Å². The fourth-order valence-electron chi connectivity index (χ4n) is 2.87. The lowest BCUT2D eigenvalue weighted by molar-refractivity contribution is -0.143. The minimum absolute atomic E-state index is 0.0110. The van der Waals surface area contributed by atoms with Crippen molar-refractivity contribution in [3.63, 3.8) is 0 Å². The first-order chi connectivity index (χ1) is 12.7. The number of halogens is 2. The van der Waals surface area contributed by atoms with Crippen LogP contribution in [0.4, 0.5) is 5.69 Å². The van der Waals surface area contributed by atoms with E-state index in [4.69, 9.17) is 33.0 Å². The molecule has 0 bridgehead atoms. The number of fused-ring (bicyclic) bond motifs is 1. The Bertz CT molecular complexity index is 921. The number of aliphatic carboxylic acids is 1. The van der Waals surface area contributed by atoms with Gasteiger partial charge < -0.3 is 14.7 Å². The molecule has 0 spiro atoms. The van der Waals surface area contributed by atoms with Crippen LogP contribution in [0, 0.1) is 0 Å². The minimum atomic E-state index is -3.19. The number of carboxylic acid groups (broad SMARTS) is 1. The molecule has 2 aliphatic rings. The average molecular weight is 453 g/mol. The van der Waals surface area contributed by atoms with E-state index in [2.05, 4.69) is 4.99 Å². The number of rotatable bonds is 5. The molecule has 27 heavy (non-hydrogen) atoms. The monoisotopic (exact) mass is 452 g/mol. The number of amidine groups is 1. The molecule has 0 unspecified atom stereocenters. The zero-order valence-corrected chi connectivity index (χ0v) is 16.8. The minimum Gasteiger partial charge on any atom is -0.480 e. The fraction of sp³-hybridized carbons (Fsp3) is 0.400. The van der Waals surface area contributed by atoms with Crippen LogP contribution in [0.1, 0.15) is 0 Å². The summed E-state index contributed by atoms with van der Waals surface area (Å²) in [5.74, 6) is -1.93. The van der Waals surface area contributed by atoms with Gasteiger partial charge in [-0.05, 0) is 18.2 Å². The smallest absolute Gasteiger partial charge is 0.329 e.